The first-order chi connectivity index (χ1) is 11.6. The Morgan fingerprint density at radius 3 is 2.08 bits per heavy atom. The maximum Gasteiger partial charge on any atom is 0.390 e. The van der Waals surface area contributed by atoms with E-state index in [9.17, 15) is 22.4 Å². The lowest BCUT2D eigenvalue weighted by atomic mass is 10.1. The lowest BCUT2D eigenvalue weighted by Crippen LogP contribution is -2.40. The van der Waals surface area contributed by atoms with E-state index in [4.69, 9.17) is 0 Å². The molecule has 0 bridgehead atoms. The zero-order valence-electron chi connectivity index (χ0n) is 13.1. The predicted molar refractivity (Wildman–Crippen MR) is 89.4 cm³/mol. The summed E-state index contributed by atoms with van der Waals surface area (Å²) < 4.78 is 54.5. The molecule has 0 saturated carbocycles. The van der Waals surface area contributed by atoms with Gasteiger partial charge in [0.15, 0.2) is 5.78 Å². The Bertz CT molecular complexity index is 768. The SMILES string of the molecule is Cc1ccc(N/C(=C/C(=O)c2ccccc2)C(F)(F)C(F)(F)Cl)cc1. The Morgan fingerprint density at radius 2 is 1.56 bits per heavy atom. The van der Waals surface area contributed by atoms with Crippen LogP contribution in [0.3, 0.4) is 0 Å². The lowest BCUT2D eigenvalue weighted by Gasteiger charge is -2.25. The highest BCUT2D eigenvalue weighted by Crippen LogP contribution is 2.43. The van der Waals surface area contributed by atoms with Crippen molar-refractivity contribution >= 4 is 23.1 Å². The molecule has 1 N–H and O–H groups in total. The number of aryl methyl sites for hydroxylation is 1. The number of halogens is 5. The van der Waals surface area contributed by atoms with E-state index < -0.39 is 22.8 Å². The first-order valence-electron chi connectivity index (χ1n) is 7.21. The van der Waals surface area contributed by atoms with Gasteiger partial charge in [0.05, 0.1) is 5.70 Å². The maximum absolute atomic E-state index is 14.1. The van der Waals surface area contributed by atoms with Crippen LogP contribution in [0.1, 0.15) is 15.9 Å². The van der Waals surface area contributed by atoms with E-state index in [0.717, 1.165) is 5.56 Å². The molecule has 0 spiro atoms. The van der Waals surface area contributed by atoms with E-state index in [0.29, 0.717) is 6.08 Å². The van der Waals surface area contributed by atoms with Crippen LogP contribution >= 0.6 is 11.6 Å². The van der Waals surface area contributed by atoms with Crippen LogP contribution in [0.5, 0.6) is 0 Å². The minimum absolute atomic E-state index is 0.0828. The van der Waals surface area contributed by atoms with Gasteiger partial charge in [-0.15, -0.1) is 0 Å². The molecular formula is C18H14ClF4NO. The molecule has 7 heteroatoms. The first kappa shape index (κ1) is 19.0. The van der Waals surface area contributed by atoms with Gasteiger partial charge in [-0.1, -0.05) is 48.0 Å². The van der Waals surface area contributed by atoms with Crippen LogP contribution in [0.4, 0.5) is 23.2 Å². The van der Waals surface area contributed by atoms with Crippen molar-refractivity contribution in [3.05, 3.63) is 77.5 Å². The Labute approximate surface area is 147 Å². The highest BCUT2D eigenvalue weighted by Gasteiger charge is 2.58. The summed E-state index contributed by atoms with van der Waals surface area (Å²) in [5.41, 5.74) is -0.228. The van der Waals surface area contributed by atoms with Gasteiger partial charge in [0.25, 0.3) is 0 Å². The van der Waals surface area contributed by atoms with Crippen molar-refractivity contribution in [2.45, 2.75) is 18.2 Å². The molecule has 0 heterocycles. The van der Waals surface area contributed by atoms with E-state index in [1.54, 1.807) is 25.1 Å². The number of nitrogens with one attached hydrogen (secondary N) is 1. The third kappa shape index (κ3) is 4.60. The van der Waals surface area contributed by atoms with E-state index >= 15 is 0 Å². The Hall–Kier alpha value is -2.34. The summed E-state index contributed by atoms with van der Waals surface area (Å²) in [5, 5.41) is -2.69. The van der Waals surface area contributed by atoms with Crippen LogP contribution in [0.25, 0.3) is 0 Å². The molecule has 0 aliphatic heterocycles. The fraction of sp³-hybridized carbons (Fsp3) is 0.167. The lowest BCUT2D eigenvalue weighted by molar-refractivity contribution is -0.129. The highest BCUT2D eigenvalue weighted by atomic mass is 35.5. The highest BCUT2D eigenvalue weighted by molar-refractivity contribution is 6.22. The standard InChI is InChI=1S/C18H14ClF4NO/c1-12-7-9-14(10-8-12)24-16(17(20,21)18(19,22)23)11-15(25)13-5-3-2-4-6-13/h2-11,24H,1H3/b16-11+. The Balaban J connectivity index is 2.43. The minimum atomic E-state index is -4.87. The van der Waals surface area contributed by atoms with Gasteiger partial charge in [-0.3, -0.25) is 4.79 Å². The number of carbonyl (C=O) groups excluding carboxylic acids is 1. The molecule has 2 aromatic carbocycles. The monoisotopic (exact) mass is 371 g/mol. The molecule has 2 nitrogen and oxygen atoms in total. The van der Waals surface area contributed by atoms with Crippen molar-refractivity contribution < 1.29 is 22.4 Å². The number of hydrogen-bond donors (Lipinski definition) is 1. The second-order valence-electron chi connectivity index (χ2n) is 5.35. The van der Waals surface area contributed by atoms with Gasteiger partial charge in [0.2, 0.25) is 0 Å². The van der Waals surface area contributed by atoms with Crippen molar-refractivity contribution in [2.24, 2.45) is 0 Å². The number of anilines is 1. The molecule has 2 aromatic rings. The van der Waals surface area contributed by atoms with E-state index in [1.807, 2.05) is 0 Å². The Kier molecular flexibility index (Phi) is 5.52. The predicted octanol–water partition coefficient (Wildman–Crippen LogP) is 5.64. The number of carbonyl (C=O) groups is 1. The van der Waals surface area contributed by atoms with E-state index in [2.05, 4.69) is 16.9 Å². The summed E-state index contributed by atoms with van der Waals surface area (Å²) in [6.45, 7) is 1.78. The van der Waals surface area contributed by atoms with Gasteiger partial charge in [0.1, 0.15) is 0 Å². The fourth-order valence-corrected chi connectivity index (χ4v) is 2.07. The second-order valence-corrected chi connectivity index (χ2v) is 5.83. The molecule has 0 atom stereocenters. The van der Waals surface area contributed by atoms with Gasteiger partial charge in [-0.2, -0.15) is 17.6 Å². The average molecular weight is 372 g/mol. The summed E-state index contributed by atoms with van der Waals surface area (Å²) >= 11 is 4.57. The van der Waals surface area contributed by atoms with Crippen LogP contribution in [0, 0.1) is 6.92 Å². The normalized spacial score (nSPS) is 12.8. The minimum Gasteiger partial charge on any atom is -0.354 e. The Morgan fingerprint density at radius 1 is 1.00 bits per heavy atom. The molecule has 2 rings (SSSR count). The number of benzene rings is 2. The van der Waals surface area contributed by atoms with Crippen LogP contribution in [0.2, 0.25) is 0 Å². The fourth-order valence-electron chi connectivity index (χ4n) is 1.97. The van der Waals surface area contributed by atoms with Crippen molar-refractivity contribution in [1.82, 2.24) is 0 Å². The van der Waals surface area contributed by atoms with Gasteiger partial charge in [0, 0.05) is 17.3 Å². The van der Waals surface area contributed by atoms with Crippen LogP contribution in [0.15, 0.2) is 66.4 Å². The van der Waals surface area contributed by atoms with Crippen LogP contribution < -0.4 is 5.32 Å². The smallest absolute Gasteiger partial charge is 0.354 e. The largest absolute Gasteiger partial charge is 0.390 e. The molecule has 0 aliphatic rings. The third-order valence-corrected chi connectivity index (χ3v) is 3.60. The number of rotatable bonds is 6. The first-order valence-corrected chi connectivity index (χ1v) is 7.59. The molecule has 0 aliphatic carbocycles. The van der Waals surface area contributed by atoms with E-state index in [-0.39, 0.29) is 11.3 Å². The third-order valence-electron chi connectivity index (χ3n) is 3.36. The van der Waals surface area contributed by atoms with Crippen molar-refractivity contribution in [1.29, 1.82) is 0 Å². The van der Waals surface area contributed by atoms with Gasteiger partial charge in [-0.05, 0) is 30.7 Å². The van der Waals surface area contributed by atoms with Crippen LogP contribution in [-0.4, -0.2) is 17.1 Å². The maximum atomic E-state index is 14.1. The van der Waals surface area contributed by atoms with Gasteiger partial charge < -0.3 is 5.32 Å². The molecule has 132 valence electrons. The molecule has 0 fully saturated rings. The summed E-state index contributed by atoms with van der Waals surface area (Å²) in [6, 6.07) is 13.5. The molecule has 25 heavy (non-hydrogen) atoms. The topological polar surface area (TPSA) is 29.1 Å². The molecule has 0 aromatic heterocycles. The van der Waals surface area contributed by atoms with Crippen molar-refractivity contribution in [3.8, 4) is 0 Å². The molecule has 0 amide bonds. The van der Waals surface area contributed by atoms with Gasteiger partial charge >= 0.3 is 11.3 Å². The van der Waals surface area contributed by atoms with Gasteiger partial charge in [-0.25, -0.2) is 0 Å². The summed E-state index contributed by atoms with van der Waals surface area (Å²) in [6.07, 6.45) is 0.436. The zero-order valence-corrected chi connectivity index (χ0v) is 13.8. The molecule has 0 saturated heterocycles. The average Bonchev–Trinajstić information content (AvgIpc) is 2.56. The quantitative estimate of drug-likeness (QED) is 0.308. The zero-order chi connectivity index (χ0) is 18.7. The molecular weight excluding hydrogens is 358 g/mol. The van der Waals surface area contributed by atoms with Crippen molar-refractivity contribution in [3.63, 3.8) is 0 Å². The number of hydrogen-bond acceptors (Lipinski definition) is 2. The second kappa shape index (κ2) is 7.27. The number of allylic oxidation sites excluding steroid dienone is 2. The van der Waals surface area contributed by atoms with E-state index in [1.165, 1.54) is 36.4 Å². The summed E-state index contributed by atoms with van der Waals surface area (Å²) in [7, 11) is 0. The summed E-state index contributed by atoms with van der Waals surface area (Å²) in [5.74, 6) is -5.63. The molecule has 0 unspecified atom stereocenters. The number of alkyl halides is 5. The number of ketones is 1. The molecule has 0 radical (unpaired) electrons. The van der Waals surface area contributed by atoms with Crippen LogP contribution in [-0.2, 0) is 0 Å². The summed E-state index contributed by atoms with van der Waals surface area (Å²) in [4.78, 5) is 12.1. The van der Waals surface area contributed by atoms with Crippen molar-refractivity contribution in [2.75, 3.05) is 5.32 Å².